The van der Waals surface area contributed by atoms with Crippen molar-refractivity contribution in [3.8, 4) is 5.75 Å². The van der Waals surface area contributed by atoms with E-state index in [0.717, 1.165) is 6.54 Å². The molecule has 0 bridgehead atoms. The topological polar surface area (TPSA) is 43.7 Å². The molecule has 0 aromatic heterocycles. The fourth-order valence-corrected chi connectivity index (χ4v) is 2.01. The lowest BCUT2D eigenvalue weighted by atomic mass is 10.2. The predicted molar refractivity (Wildman–Crippen MR) is 66.2 cm³/mol. The molecule has 0 saturated heterocycles. The number of likely N-dealkylation sites (N-methyl/N-ethyl adjacent to an activating group) is 1. The molecule has 5 heteroatoms. The Kier molecular flexibility index (Phi) is 5.35. The fraction of sp³-hybridized carbons (Fsp3) is 0.455. The molecule has 0 atom stereocenters. The number of hydrogen-bond donors (Lipinski definition) is 2. The Bertz CT molecular complexity index is 358. The third-order valence-corrected chi connectivity index (χ3v) is 2.87. The number of aliphatic hydroxyl groups excluding tert-OH is 1. The Balaban J connectivity index is 2.87. The molecule has 0 aliphatic carbocycles. The van der Waals surface area contributed by atoms with Gasteiger partial charge in [-0.05, 0) is 18.7 Å². The highest BCUT2D eigenvalue weighted by molar-refractivity contribution is 6.35. The van der Waals surface area contributed by atoms with Gasteiger partial charge in [-0.15, -0.1) is 0 Å². The summed E-state index contributed by atoms with van der Waals surface area (Å²) in [7, 11) is 0. The molecule has 2 N–H and O–H groups in total. The van der Waals surface area contributed by atoms with Crippen LogP contribution < -0.4 is 0 Å². The minimum absolute atomic E-state index is 0.0578. The Morgan fingerprint density at radius 3 is 2.56 bits per heavy atom. The van der Waals surface area contributed by atoms with Crippen molar-refractivity contribution < 1.29 is 10.2 Å². The third kappa shape index (κ3) is 3.52. The molecule has 1 rings (SSSR count). The molecule has 0 spiro atoms. The number of phenols is 1. The molecule has 0 amide bonds. The lowest BCUT2D eigenvalue weighted by Gasteiger charge is -2.20. The average Bonchev–Trinajstić information content (AvgIpc) is 2.24. The first-order valence-electron chi connectivity index (χ1n) is 5.08. The van der Waals surface area contributed by atoms with Crippen LogP contribution in [0.1, 0.15) is 12.5 Å². The Hall–Kier alpha value is -0.480. The summed E-state index contributed by atoms with van der Waals surface area (Å²) >= 11 is 11.7. The summed E-state index contributed by atoms with van der Waals surface area (Å²) in [5.41, 5.74) is 0.674. The zero-order chi connectivity index (χ0) is 12.1. The van der Waals surface area contributed by atoms with Gasteiger partial charge in [0.1, 0.15) is 5.75 Å². The molecule has 0 fully saturated rings. The van der Waals surface area contributed by atoms with Crippen LogP contribution in [0.3, 0.4) is 0 Å². The summed E-state index contributed by atoms with van der Waals surface area (Å²) in [6, 6.07) is 3.19. The van der Waals surface area contributed by atoms with Crippen LogP contribution in [0.25, 0.3) is 0 Å². The normalized spacial score (nSPS) is 11.1. The standard InChI is InChI=1S/C11H15Cl2NO2/c1-2-14(3-4-15)7-8-5-9(12)6-10(13)11(8)16/h5-6,15-16H,2-4,7H2,1H3. The van der Waals surface area contributed by atoms with E-state index in [1.807, 2.05) is 11.8 Å². The van der Waals surface area contributed by atoms with Gasteiger partial charge in [-0.3, -0.25) is 4.90 Å². The second-order valence-corrected chi connectivity index (χ2v) is 4.33. The number of phenolic OH excluding ortho intramolecular Hbond substituents is 1. The van der Waals surface area contributed by atoms with Gasteiger partial charge in [0.15, 0.2) is 0 Å². The van der Waals surface area contributed by atoms with Crippen molar-refractivity contribution in [3.05, 3.63) is 27.7 Å². The van der Waals surface area contributed by atoms with Gasteiger partial charge in [0, 0.05) is 23.7 Å². The number of aliphatic hydroxyl groups is 1. The van der Waals surface area contributed by atoms with Crippen LogP contribution in [0.15, 0.2) is 12.1 Å². The van der Waals surface area contributed by atoms with Crippen molar-refractivity contribution in [2.45, 2.75) is 13.5 Å². The first-order chi connectivity index (χ1) is 7.58. The van der Waals surface area contributed by atoms with Crippen LogP contribution >= 0.6 is 23.2 Å². The van der Waals surface area contributed by atoms with Crippen molar-refractivity contribution in [1.82, 2.24) is 4.90 Å². The van der Waals surface area contributed by atoms with E-state index in [1.165, 1.54) is 6.07 Å². The lowest BCUT2D eigenvalue weighted by Crippen LogP contribution is -2.26. The highest BCUT2D eigenvalue weighted by atomic mass is 35.5. The molecular formula is C11H15Cl2NO2. The minimum Gasteiger partial charge on any atom is -0.506 e. The number of aromatic hydroxyl groups is 1. The van der Waals surface area contributed by atoms with E-state index in [0.29, 0.717) is 23.7 Å². The molecule has 1 aromatic carbocycles. The average molecular weight is 264 g/mol. The van der Waals surface area contributed by atoms with Crippen LogP contribution in [0.5, 0.6) is 5.75 Å². The van der Waals surface area contributed by atoms with E-state index in [4.69, 9.17) is 28.3 Å². The van der Waals surface area contributed by atoms with Crippen molar-refractivity contribution >= 4 is 23.2 Å². The monoisotopic (exact) mass is 263 g/mol. The van der Waals surface area contributed by atoms with E-state index >= 15 is 0 Å². The third-order valence-electron chi connectivity index (χ3n) is 2.36. The minimum atomic E-state index is 0.0578. The second kappa shape index (κ2) is 6.30. The van der Waals surface area contributed by atoms with Crippen LogP contribution in [0.4, 0.5) is 0 Å². The molecule has 0 saturated carbocycles. The SMILES string of the molecule is CCN(CCO)Cc1cc(Cl)cc(Cl)c1O. The van der Waals surface area contributed by atoms with Crippen LogP contribution in [0.2, 0.25) is 10.0 Å². The largest absolute Gasteiger partial charge is 0.506 e. The highest BCUT2D eigenvalue weighted by Gasteiger charge is 2.11. The zero-order valence-electron chi connectivity index (χ0n) is 9.08. The number of nitrogens with zero attached hydrogens (tertiary/aromatic N) is 1. The van der Waals surface area contributed by atoms with Gasteiger partial charge >= 0.3 is 0 Å². The molecule has 0 aliphatic rings. The van der Waals surface area contributed by atoms with Crippen LogP contribution in [0, 0.1) is 0 Å². The van der Waals surface area contributed by atoms with E-state index in [1.54, 1.807) is 6.07 Å². The maximum absolute atomic E-state index is 9.75. The molecule has 0 heterocycles. The zero-order valence-corrected chi connectivity index (χ0v) is 10.6. The summed E-state index contributed by atoms with van der Waals surface area (Å²) in [6.07, 6.45) is 0. The summed E-state index contributed by atoms with van der Waals surface area (Å²) in [6.45, 7) is 3.93. The van der Waals surface area contributed by atoms with Crippen LogP contribution in [-0.2, 0) is 6.54 Å². The molecule has 3 nitrogen and oxygen atoms in total. The highest BCUT2D eigenvalue weighted by Crippen LogP contribution is 2.31. The van der Waals surface area contributed by atoms with Crippen molar-refractivity contribution in [1.29, 1.82) is 0 Å². The van der Waals surface area contributed by atoms with Crippen LogP contribution in [-0.4, -0.2) is 34.8 Å². The van der Waals surface area contributed by atoms with Gasteiger partial charge in [0.25, 0.3) is 0 Å². The van der Waals surface area contributed by atoms with Gasteiger partial charge < -0.3 is 10.2 Å². The van der Waals surface area contributed by atoms with E-state index in [9.17, 15) is 5.11 Å². The van der Waals surface area contributed by atoms with E-state index < -0.39 is 0 Å². The lowest BCUT2D eigenvalue weighted by molar-refractivity contribution is 0.195. The summed E-state index contributed by atoms with van der Waals surface area (Å²) < 4.78 is 0. The number of halogens is 2. The van der Waals surface area contributed by atoms with Crippen molar-refractivity contribution in [2.24, 2.45) is 0 Å². The van der Waals surface area contributed by atoms with E-state index in [2.05, 4.69) is 0 Å². The smallest absolute Gasteiger partial charge is 0.138 e. The quantitative estimate of drug-likeness (QED) is 0.858. The van der Waals surface area contributed by atoms with Gasteiger partial charge in [-0.1, -0.05) is 30.1 Å². The second-order valence-electron chi connectivity index (χ2n) is 3.49. The van der Waals surface area contributed by atoms with Gasteiger partial charge in [0.05, 0.1) is 11.6 Å². The maximum atomic E-state index is 9.75. The van der Waals surface area contributed by atoms with Gasteiger partial charge in [0.2, 0.25) is 0 Å². The number of hydrogen-bond acceptors (Lipinski definition) is 3. The Morgan fingerprint density at radius 2 is 2.00 bits per heavy atom. The fourth-order valence-electron chi connectivity index (χ4n) is 1.47. The Morgan fingerprint density at radius 1 is 1.31 bits per heavy atom. The molecule has 1 aromatic rings. The van der Waals surface area contributed by atoms with Gasteiger partial charge in [-0.2, -0.15) is 0 Å². The molecule has 0 unspecified atom stereocenters. The summed E-state index contributed by atoms with van der Waals surface area (Å²) in [5, 5.41) is 19.4. The first kappa shape index (κ1) is 13.6. The summed E-state index contributed by atoms with van der Waals surface area (Å²) in [4.78, 5) is 1.99. The molecule has 0 aliphatic heterocycles. The first-order valence-corrected chi connectivity index (χ1v) is 5.84. The summed E-state index contributed by atoms with van der Waals surface area (Å²) in [5.74, 6) is 0.0578. The Labute approximate surface area is 105 Å². The molecular weight excluding hydrogens is 249 g/mol. The van der Waals surface area contributed by atoms with Gasteiger partial charge in [-0.25, -0.2) is 0 Å². The van der Waals surface area contributed by atoms with E-state index in [-0.39, 0.29) is 17.4 Å². The predicted octanol–water partition coefficient (Wildman–Crippen LogP) is 2.51. The molecule has 16 heavy (non-hydrogen) atoms. The van der Waals surface area contributed by atoms with Crippen molar-refractivity contribution in [2.75, 3.05) is 19.7 Å². The van der Waals surface area contributed by atoms with Crippen molar-refractivity contribution in [3.63, 3.8) is 0 Å². The number of rotatable bonds is 5. The maximum Gasteiger partial charge on any atom is 0.138 e. The number of benzene rings is 1. The molecule has 90 valence electrons. The molecule has 0 radical (unpaired) electrons.